The number of hydrogen-bond acceptors (Lipinski definition) is 2. The van der Waals surface area contributed by atoms with Gasteiger partial charge in [-0.25, -0.2) is 0 Å². The van der Waals surface area contributed by atoms with Crippen LogP contribution in [-0.2, 0) is 12.0 Å². The molecule has 2 heteroatoms. The Morgan fingerprint density at radius 1 is 1.10 bits per heavy atom. The Morgan fingerprint density at radius 2 is 1.86 bits per heavy atom. The zero-order valence-corrected chi connectivity index (χ0v) is 12.5. The van der Waals surface area contributed by atoms with E-state index in [4.69, 9.17) is 4.74 Å². The summed E-state index contributed by atoms with van der Waals surface area (Å²) in [5.74, 6) is 0.869. The first-order chi connectivity index (χ1) is 10.2. The predicted molar refractivity (Wildman–Crippen MR) is 84.6 cm³/mol. The lowest BCUT2D eigenvalue weighted by atomic mass is 9.75. The lowest BCUT2D eigenvalue weighted by molar-refractivity contribution is 0.0615. The lowest BCUT2D eigenvalue weighted by Gasteiger charge is -2.35. The van der Waals surface area contributed by atoms with E-state index in [1.54, 1.807) is 0 Å². The van der Waals surface area contributed by atoms with Crippen molar-refractivity contribution in [3.05, 3.63) is 65.2 Å². The number of aryl methyl sites for hydroxylation is 1. The van der Waals surface area contributed by atoms with Crippen LogP contribution >= 0.6 is 0 Å². The normalized spacial score (nSPS) is 20.9. The van der Waals surface area contributed by atoms with Crippen LogP contribution < -0.4 is 4.74 Å². The van der Waals surface area contributed by atoms with Gasteiger partial charge in [0.15, 0.2) is 0 Å². The van der Waals surface area contributed by atoms with E-state index in [0.29, 0.717) is 0 Å². The van der Waals surface area contributed by atoms with E-state index in [-0.39, 0.29) is 0 Å². The second kappa shape index (κ2) is 5.90. The van der Waals surface area contributed by atoms with Crippen molar-refractivity contribution in [1.29, 1.82) is 0 Å². The summed E-state index contributed by atoms with van der Waals surface area (Å²) in [4.78, 5) is 0. The fraction of sp³-hybridized carbons (Fsp3) is 0.368. The van der Waals surface area contributed by atoms with E-state index in [1.165, 1.54) is 5.56 Å². The van der Waals surface area contributed by atoms with Gasteiger partial charge in [-0.2, -0.15) is 0 Å². The molecule has 1 N–H and O–H groups in total. The summed E-state index contributed by atoms with van der Waals surface area (Å²) in [6.45, 7) is 2.82. The Labute approximate surface area is 126 Å². The van der Waals surface area contributed by atoms with Crippen LogP contribution in [0.2, 0.25) is 0 Å². The van der Waals surface area contributed by atoms with Crippen molar-refractivity contribution in [2.24, 2.45) is 0 Å². The first kappa shape index (κ1) is 14.2. The number of ether oxygens (including phenoxy) is 1. The molecule has 0 radical (unpaired) electrons. The summed E-state index contributed by atoms with van der Waals surface area (Å²) in [5, 5.41) is 11.2. The van der Waals surface area contributed by atoms with Crippen LogP contribution in [-0.4, -0.2) is 11.7 Å². The molecule has 2 aromatic rings. The monoisotopic (exact) mass is 282 g/mol. The van der Waals surface area contributed by atoms with Gasteiger partial charge in [0, 0.05) is 0 Å². The highest BCUT2D eigenvalue weighted by Gasteiger charge is 2.35. The minimum atomic E-state index is -0.863. The van der Waals surface area contributed by atoms with Crippen LogP contribution in [0.25, 0.3) is 0 Å². The highest BCUT2D eigenvalue weighted by molar-refractivity contribution is 5.44. The average molecular weight is 282 g/mol. The van der Waals surface area contributed by atoms with Gasteiger partial charge in [-0.3, -0.25) is 0 Å². The highest BCUT2D eigenvalue weighted by Crippen LogP contribution is 2.40. The van der Waals surface area contributed by atoms with E-state index >= 15 is 0 Å². The molecule has 0 fully saturated rings. The lowest BCUT2D eigenvalue weighted by Crippen LogP contribution is -2.31. The molecular formula is C19H22O2. The highest BCUT2D eigenvalue weighted by atomic mass is 16.5. The van der Waals surface area contributed by atoms with E-state index in [9.17, 15) is 5.11 Å². The maximum atomic E-state index is 11.2. The van der Waals surface area contributed by atoms with Crippen LogP contribution in [0.3, 0.4) is 0 Å². The van der Waals surface area contributed by atoms with Crippen LogP contribution in [0.15, 0.2) is 48.5 Å². The Morgan fingerprint density at radius 3 is 2.62 bits per heavy atom. The van der Waals surface area contributed by atoms with E-state index < -0.39 is 5.60 Å². The van der Waals surface area contributed by atoms with Crippen LogP contribution in [0, 0.1) is 0 Å². The van der Waals surface area contributed by atoms with Gasteiger partial charge in [-0.1, -0.05) is 43.3 Å². The van der Waals surface area contributed by atoms with Crippen molar-refractivity contribution < 1.29 is 9.84 Å². The van der Waals surface area contributed by atoms with Gasteiger partial charge in [-0.15, -0.1) is 0 Å². The summed E-state index contributed by atoms with van der Waals surface area (Å²) in [5.41, 5.74) is 2.41. The molecule has 21 heavy (non-hydrogen) atoms. The summed E-state index contributed by atoms with van der Waals surface area (Å²) in [6.07, 6.45) is 3.84. The third-order valence-corrected chi connectivity index (χ3v) is 4.25. The fourth-order valence-corrected chi connectivity index (χ4v) is 3.16. The molecule has 2 nitrogen and oxygen atoms in total. The van der Waals surface area contributed by atoms with Crippen molar-refractivity contribution in [3.8, 4) is 5.75 Å². The van der Waals surface area contributed by atoms with Gasteiger partial charge < -0.3 is 9.84 Å². The van der Waals surface area contributed by atoms with Crippen molar-refractivity contribution in [1.82, 2.24) is 0 Å². The van der Waals surface area contributed by atoms with Gasteiger partial charge in [0.05, 0.1) is 6.61 Å². The minimum absolute atomic E-state index is 0.729. The Bertz CT molecular complexity index is 603. The molecule has 1 unspecified atom stereocenters. The molecule has 3 rings (SSSR count). The molecule has 110 valence electrons. The Kier molecular flexibility index (Phi) is 3.98. The van der Waals surface area contributed by atoms with Gasteiger partial charge in [0.25, 0.3) is 0 Å². The first-order valence-corrected chi connectivity index (χ1v) is 7.78. The zero-order chi connectivity index (χ0) is 14.7. The molecular weight excluding hydrogens is 260 g/mol. The van der Waals surface area contributed by atoms with Crippen molar-refractivity contribution >= 4 is 0 Å². The van der Waals surface area contributed by atoms with Gasteiger partial charge >= 0.3 is 0 Å². The summed E-state index contributed by atoms with van der Waals surface area (Å²) >= 11 is 0. The molecule has 0 saturated carbocycles. The number of aliphatic hydroxyl groups is 1. The maximum absolute atomic E-state index is 11.2. The summed E-state index contributed by atoms with van der Waals surface area (Å²) < 4.78 is 5.62. The number of fused-ring (bicyclic) bond motifs is 1. The Balaban J connectivity index is 1.92. The van der Waals surface area contributed by atoms with Crippen molar-refractivity contribution in [2.75, 3.05) is 6.61 Å². The fourth-order valence-electron chi connectivity index (χ4n) is 3.16. The third-order valence-electron chi connectivity index (χ3n) is 4.25. The summed E-state index contributed by atoms with van der Waals surface area (Å²) in [6, 6.07) is 16.1. The van der Waals surface area contributed by atoms with Gasteiger partial charge in [0.2, 0.25) is 0 Å². The second-order valence-corrected chi connectivity index (χ2v) is 5.74. The zero-order valence-electron chi connectivity index (χ0n) is 12.5. The van der Waals surface area contributed by atoms with Crippen LogP contribution in [0.5, 0.6) is 5.75 Å². The minimum Gasteiger partial charge on any atom is -0.494 e. The molecule has 0 heterocycles. The summed E-state index contributed by atoms with van der Waals surface area (Å²) in [7, 11) is 0. The number of benzene rings is 2. The molecule has 0 aliphatic heterocycles. The average Bonchev–Trinajstić information content (AvgIpc) is 2.54. The molecule has 0 aromatic heterocycles. The smallest absolute Gasteiger partial charge is 0.119 e. The quantitative estimate of drug-likeness (QED) is 0.916. The SMILES string of the molecule is CCCOc1ccc(C2(O)CCCc3ccccc32)cc1. The third kappa shape index (κ3) is 2.68. The Hall–Kier alpha value is -1.80. The van der Waals surface area contributed by atoms with Gasteiger partial charge in [0.1, 0.15) is 11.4 Å². The molecule has 1 atom stereocenters. The second-order valence-electron chi connectivity index (χ2n) is 5.74. The standard InChI is InChI=1S/C19H22O2/c1-2-14-21-17-11-9-16(10-12-17)19(20)13-5-7-15-6-3-4-8-18(15)19/h3-4,6,8-12,20H,2,5,7,13-14H2,1H3. The maximum Gasteiger partial charge on any atom is 0.119 e. The van der Waals surface area contributed by atoms with E-state index in [1.807, 2.05) is 36.4 Å². The largest absolute Gasteiger partial charge is 0.494 e. The molecule has 0 saturated heterocycles. The predicted octanol–water partition coefficient (Wildman–Crippen LogP) is 4.05. The first-order valence-electron chi connectivity index (χ1n) is 7.78. The van der Waals surface area contributed by atoms with Gasteiger partial charge in [-0.05, 0) is 54.5 Å². The molecule has 0 amide bonds. The topological polar surface area (TPSA) is 29.5 Å². The number of hydrogen-bond donors (Lipinski definition) is 1. The number of rotatable bonds is 4. The molecule has 1 aliphatic rings. The van der Waals surface area contributed by atoms with Crippen LogP contribution in [0.1, 0.15) is 42.9 Å². The van der Waals surface area contributed by atoms with E-state index in [0.717, 1.165) is 49.2 Å². The van der Waals surface area contributed by atoms with Crippen LogP contribution in [0.4, 0.5) is 0 Å². The van der Waals surface area contributed by atoms with E-state index in [2.05, 4.69) is 19.1 Å². The van der Waals surface area contributed by atoms with Crippen molar-refractivity contribution in [2.45, 2.75) is 38.2 Å². The molecule has 0 spiro atoms. The molecule has 1 aliphatic carbocycles. The molecule has 2 aromatic carbocycles. The molecule has 0 bridgehead atoms. The van der Waals surface area contributed by atoms with Crippen molar-refractivity contribution in [3.63, 3.8) is 0 Å².